The zero-order valence-corrected chi connectivity index (χ0v) is 11.8. The van der Waals surface area contributed by atoms with Gasteiger partial charge in [0.05, 0.1) is 11.5 Å². The first-order chi connectivity index (χ1) is 9.15. The van der Waals surface area contributed by atoms with Crippen LogP contribution in [0, 0.1) is 0 Å². The number of sulfonamides is 1. The van der Waals surface area contributed by atoms with Crippen LogP contribution in [0.25, 0.3) is 0 Å². The van der Waals surface area contributed by atoms with Gasteiger partial charge < -0.3 is 5.11 Å². The molecule has 2 N–H and O–H groups in total. The van der Waals surface area contributed by atoms with Gasteiger partial charge in [0, 0.05) is 18.0 Å². The van der Waals surface area contributed by atoms with Gasteiger partial charge in [-0.3, -0.25) is 0 Å². The van der Waals surface area contributed by atoms with Crippen LogP contribution in [-0.4, -0.2) is 26.2 Å². The molecular weight excluding hydrogens is 319 g/mol. The summed E-state index contributed by atoms with van der Waals surface area (Å²) < 4.78 is 61.5. The Hall–Kier alpha value is -0.830. The van der Waals surface area contributed by atoms with Gasteiger partial charge in [0.25, 0.3) is 0 Å². The van der Waals surface area contributed by atoms with Crippen LogP contribution >= 0.6 is 11.6 Å². The van der Waals surface area contributed by atoms with Crippen LogP contribution < -0.4 is 4.72 Å². The number of hydrogen-bond donors (Lipinski definition) is 2. The van der Waals surface area contributed by atoms with E-state index in [0.717, 1.165) is 0 Å². The van der Waals surface area contributed by atoms with E-state index in [9.17, 15) is 21.6 Å². The molecule has 0 aliphatic rings. The second kappa shape index (κ2) is 6.75. The number of alkyl halides is 3. The van der Waals surface area contributed by atoms with Crippen LogP contribution in [0.4, 0.5) is 13.2 Å². The number of hydrogen-bond acceptors (Lipinski definition) is 3. The molecule has 0 bridgehead atoms. The molecule has 0 unspecified atom stereocenters. The Morgan fingerprint density at radius 3 is 2.50 bits per heavy atom. The molecule has 0 aromatic heterocycles. The highest BCUT2D eigenvalue weighted by Gasteiger charge is 2.26. The molecule has 0 aliphatic carbocycles. The van der Waals surface area contributed by atoms with Crippen molar-refractivity contribution >= 4 is 21.6 Å². The number of aliphatic hydroxyl groups excluding tert-OH is 1. The Bertz CT molecular complexity index is 561. The van der Waals surface area contributed by atoms with Crippen molar-refractivity contribution in [2.75, 3.05) is 6.54 Å². The van der Waals surface area contributed by atoms with Crippen LogP contribution in [0.15, 0.2) is 23.1 Å². The lowest BCUT2D eigenvalue weighted by Crippen LogP contribution is -2.26. The third-order valence-corrected chi connectivity index (χ3v) is 4.25. The van der Waals surface area contributed by atoms with Gasteiger partial charge in [0.1, 0.15) is 0 Å². The Morgan fingerprint density at radius 1 is 1.30 bits per heavy atom. The fourth-order valence-electron chi connectivity index (χ4n) is 1.42. The van der Waals surface area contributed by atoms with E-state index in [4.69, 9.17) is 16.7 Å². The van der Waals surface area contributed by atoms with E-state index in [1.165, 1.54) is 18.2 Å². The molecule has 0 spiro atoms. The van der Waals surface area contributed by atoms with Gasteiger partial charge in [-0.2, -0.15) is 13.2 Å². The van der Waals surface area contributed by atoms with E-state index in [0.29, 0.717) is 0 Å². The van der Waals surface area contributed by atoms with Crippen LogP contribution in [0.1, 0.15) is 18.4 Å². The molecule has 0 saturated heterocycles. The van der Waals surface area contributed by atoms with Gasteiger partial charge in [0.2, 0.25) is 10.0 Å². The number of benzene rings is 1. The van der Waals surface area contributed by atoms with Crippen molar-refractivity contribution in [3.63, 3.8) is 0 Å². The third-order valence-electron chi connectivity index (χ3n) is 2.43. The first kappa shape index (κ1) is 17.2. The average Bonchev–Trinajstić information content (AvgIpc) is 2.34. The quantitative estimate of drug-likeness (QED) is 0.787. The topological polar surface area (TPSA) is 66.4 Å². The van der Waals surface area contributed by atoms with E-state index < -0.39 is 29.2 Å². The van der Waals surface area contributed by atoms with Gasteiger partial charge in [-0.05, 0) is 30.2 Å². The molecule has 0 radical (unpaired) electrons. The molecule has 0 atom stereocenters. The van der Waals surface area contributed by atoms with E-state index in [1.54, 1.807) is 0 Å². The zero-order chi connectivity index (χ0) is 15.4. The molecule has 9 heteroatoms. The van der Waals surface area contributed by atoms with E-state index in [-0.39, 0.29) is 28.4 Å². The van der Waals surface area contributed by atoms with Crippen LogP contribution in [0.3, 0.4) is 0 Å². The lowest BCUT2D eigenvalue weighted by atomic mass is 10.2. The normalized spacial score (nSPS) is 12.7. The molecule has 1 aromatic rings. The first-order valence-corrected chi connectivity index (χ1v) is 7.47. The van der Waals surface area contributed by atoms with Gasteiger partial charge in [-0.15, -0.1) is 0 Å². The summed E-state index contributed by atoms with van der Waals surface area (Å²) in [4.78, 5) is -0.155. The Kier molecular flexibility index (Phi) is 5.81. The van der Waals surface area contributed by atoms with Crippen molar-refractivity contribution in [2.24, 2.45) is 0 Å². The van der Waals surface area contributed by atoms with Gasteiger partial charge in [-0.1, -0.05) is 11.6 Å². The highest BCUT2D eigenvalue weighted by Crippen LogP contribution is 2.22. The fourth-order valence-corrected chi connectivity index (χ4v) is 2.72. The maximum absolute atomic E-state index is 11.9. The summed E-state index contributed by atoms with van der Waals surface area (Å²) in [6, 6.07) is 3.69. The maximum Gasteiger partial charge on any atom is 0.389 e. The van der Waals surface area contributed by atoms with Crippen molar-refractivity contribution in [2.45, 2.75) is 30.5 Å². The molecule has 4 nitrogen and oxygen atoms in total. The van der Waals surface area contributed by atoms with Crippen LogP contribution in [0.5, 0.6) is 0 Å². The predicted molar refractivity (Wildman–Crippen MR) is 67.9 cm³/mol. The molecule has 0 amide bonds. The van der Waals surface area contributed by atoms with E-state index in [1.807, 2.05) is 0 Å². The van der Waals surface area contributed by atoms with Crippen molar-refractivity contribution in [3.8, 4) is 0 Å². The number of nitrogens with one attached hydrogen (secondary N) is 1. The molecule has 114 valence electrons. The lowest BCUT2D eigenvalue weighted by molar-refractivity contribution is -0.135. The summed E-state index contributed by atoms with van der Waals surface area (Å²) in [6.45, 7) is -0.755. The molecule has 0 fully saturated rings. The highest BCUT2D eigenvalue weighted by atomic mass is 35.5. The fraction of sp³-hybridized carbons (Fsp3) is 0.455. The SMILES string of the molecule is O=S(=O)(NCCCC(F)(F)F)c1ccc(Cl)c(CO)c1. The predicted octanol–water partition coefficient (Wildman–Crippen LogP) is 2.45. The van der Waals surface area contributed by atoms with Crippen molar-refractivity contribution in [3.05, 3.63) is 28.8 Å². The maximum atomic E-state index is 11.9. The minimum atomic E-state index is -4.31. The highest BCUT2D eigenvalue weighted by molar-refractivity contribution is 7.89. The third kappa shape index (κ3) is 5.28. The Morgan fingerprint density at radius 2 is 1.95 bits per heavy atom. The summed E-state index contributed by atoms with van der Waals surface area (Å²) in [5.74, 6) is 0. The molecule has 1 aromatic carbocycles. The summed E-state index contributed by atoms with van der Waals surface area (Å²) in [7, 11) is -3.91. The largest absolute Gasteiger partial charge is 0.392 e. The summed E-state index contributed by atoms with van der Waals surface area (Å²) in [5.41, 5.74) is 0.227. The smallest absolute Gasteiger partial charge is 0.389 e. The van der Waals surface area contributed by atoms with Crippen molar-refractivity contribution in [1.29, 1.82) is 0 Å². The Labute approximate surface area is 119 Å². The van der Waals surface area contributed by atoms with Crippen LogP contribution in [0.2, 0.25) is 5.02 Å². The average molecular weight is 332 g/mol. The molecular formula is C11H13ClF3NO3S. The van der Waals surface area contributed by atoms with E-state index >= 15 is 0 Å². The second-order valence-corrected chi connectivity index (χ2v) is 6.20. The van der Waals surface area contributed by atoms with E-state index in [2.05, 4.69) is 4.72 Å². The number of aliphatic hydroxyl groups is 1. The standard InChI is InChI=1S/C11H13ClF3NO3S/c12-10-3-2-9(6-8(10)7-17)20(18,19)16-5-1-4-11(13,14)15/h2-3,6,16-17H,1,4-5,7H2. The van der Waals surface area contributed by atoms with Gasteiger partial charge in [0.15, 0.2) is 0 Å². The van der Waals surface area contributed by atoms with Gasteiger partial charge >= 0.3 is 6.18 Å². The number of halogens is 4. The summed E-state index contributed by atoms with van der Waals surface area (Å²) >= 11 is 5.72. The molecule has 0 saturated carbocycles. The zero-order valence-electron chi connectivity index (χ0n) is 10.2. The molecule has 20 heavy (non-hydrogen) atoms. The minimum absolute atomic E-state index is 0.155. The lowest BCUT2D eigenvalue weighted by Gasteiger charge is -2.09. The van der Waals surface area contributed by atoms with Crippen LogP contribution in [-0.2, 0) is 16.6 Å². The van der Waals surface area contributed by atoms with Crippen molar-refractivity contribution in [1.82, 2.24) is 4.72 Å². The summed E-state index contributed by atoms with van der Waals surface area (Å²) in [6.07, 6.45) is -5.71. The molecule has 1 rings (SSSR count). The monoisotopic (exact) mass is 331 g/mol. The summed E-state index contributed by atoms with van der Waals surface area (Å²) in [5, 5.41) is 9.20. The molecule has 0 heterocycles. The van der Waals surface area contributed by atoms with Gasteiger partial charge in [-0.25, -0.2) is 13.1 Å². The van der Waals surface area contributed by atoms with Crippen molar-refractivity contribution < 1.29 is 26.7 Å². The number of rotatable bonds is 6. The minimum Gasteiger partial charge on any atom is -0.392 e. The Balaban J connectivity index is 2.69. The first-order valence-electron chi connectivity index (χ1n) is 5.61. The molecule has 0 aliphatic heterocycles. The second-order valence-electron chi connectivity index (χ2n) is 4.03.